The van der Waals surface area contributed by atoms with Crippen LogP contribution >= 0.6 is 0 Å². The number of hydrogen-bond donors (Lipinski definition) is 2. The van der Waals surface area contributed by atoms with E-state index in [9.17, 15) is 9.90 Å². The van der Waals surface area contributed by atoms with E-state index in [1.165, 1.54) is 18.5 Å². The van der Waals surface area contributed by atoms with E-state index in [1.807, 2.05) is 6.92 Å². The van der Waals surface area contributed by atoms with Gasteiger partial charge in [-0.15, -0.1) is 0 Å². The molecule has 2 heterocycles. The van der Waals surface area contributed by atoms with E-state index >= 15 is 0 Å². The number of rotatable bonds is 3. The van der Waals surface area contributed by atoms with Gasteiger partial charge in [0.1, 0.15) is 5.75 Å². The lowest BCUT2D eigenvalue weighted by atomic mass is 10.2. The van der Waals surface area contributed by atoms with Crippen molar-refractivity contribution in [1.29, 1.82) is 0 Å². The first-order valence-electron chi connectivity index (χ1n) is 5.58. The highest BCUT2D eigenvalue weighted by molar-refractivity contribution is 6.06. The Morgan fingerprint density at radius 1 is 1.56 bits per heavy atom. The number of amides is 1. The second kappa shape index (κ2) is 4.87. The maximum absolute atomic E-state index is 12.0. The van der Waals surface area contributed by atoms with Crippen LogP contribution in [0.4, 0.5) is 5.69 Å². The van der Waals surface area contributed by atoms with Crippen LogP contribution in [-0.4, -0.2) is 25.8 Å². The largest absolute Gasteiger partial charge is 0.505 e. The average Bonchev–Trinajstić information content (AvgIpc) is 2.70. The van der Waals surface area contributed by atoms with E-state index in [0.717, 1.165) is 12.1 Å². The van der Waals surface area contributed by atoms with Crippen molar-refractivity contribution in [2.75, 3.05) is 5.32 Å². The summed E-state index contributed by atoms with van der Waals surface area (Å²) < 4.78 is 1.64. The van der Waals surface area contributed by atoms with Crippen LogP contribution in [0.1, 0.15) is 23.0 Å². The molecule has 6 heteroatoms. The van der Waals surface area contributed by atoms with Crippen LogP contribution < -0.4 is 5.32 Å². The number of anilines is 1. The van der Waals surface area contributed by atoms with Crippen molar-refractivity contribution in [3.63, 3.8) is 0 Å². The van der Waals surface area contributed by atoms with E-state index < -0.39 is 0 Å². The Hall–Kier alpha value is -2.37. The predicted octanol–water partition coefficient (Wildman–Crippen LogP) is 1.34. The second-order valence-electron chi connectivity index (χ2n) is 3.86. The molecule has 0 atom stereocenters. The number of aryl methyl sites for hydroxylation is 2. The van der Waals surface area contributed by atoms with Gasteiger partial charge in [0.05, 0.1) is 23.1 Å². The van der Waals surface area contributed by atoms with Crippen LogP contribution in [0.3, 0.4) is 0 Å². The smallest absolute Gasteiger partial charge is 0.259 e. The summed E-state index contributed by atoms with van der Waals surface area (Å²) in [6, 6.07) is 1.46. The van der Waals surface area contributed by atoms with Gasteiger partial charge in [0.25, 0.3) is 5.91 Å². The zero-order chi connectivity index (χ0) is 13.1. The molecular formula is C12H14N4O2. The molecule has 0 aliphatic rings. The minimum atomic E-state index is -0.377. The second-order valence-corrected chi connectivity index (χ2v) is 3.86. The molecule has 2 aromatic rings. The third-order valence-corrected chi connectivity index (χ3v) is 2.53. The van der Waals surface area contributed by atoms with Gasteiger partial charge >= 0.3 is 0 Å². The van der Waals surface area contributed by atoms with Crippen molar-refractivity contribution >= 4 is 11.6 Å². The van der Waals surface area contributed by atoms with Gasteiger partial charge in [-0.3, -0.25) is 14.5 Å². The molecule has 0 aromatic carbocycles. The highest BCUT2D eigenvalue weighted by Gasteiger charge is 2.14. The first-order valence-corrected chi connectivity index (χ1v) is 5.58. The highest BCUT2D eigenvalue weighted by Crippen LogP contribution is 2.18. The molecule has 2 rings (SSSR count). The average molecular weight is 246 g/mol. The van der Waals surface area contributed by atoms with E-state index in [1.54, 1.807) is 17.9 Å². The van der Waals surface area contributed by atoms with Crippen LogP contribution in [0.5, 0.6) is 5.75 Å². The number of nitrogens with zero attached hydrogens (tertiary/aromatic N) is 3. The van der Waals surface area contributed by atoms with Gasteiger partial charge in [-0.25, -0.2) is 0 Å². The normalized spacial score (nSPS) is 10.3. The number of pyridine rings is 1. The van der Waals surface area contributed by atoms with E-state index in [0.29, 0.717) is 5.69 Å². The molecule has 0 saturated carbocycles. The monoisotopic (exact) mass is 246 g/mol. The summed E-state index contributed by atoms with van der Waals surface area (Å²) in [7, 11) is 1.79. The lowest BCUT2D eigenvalue weighted by molar-refractivity contribution is 0.102. The number of aromatic hydroxyl groups is 1. The maximum atomic E-state index is 12.0. The third kappa shape index (κ3) is 2.32. The summed E-state index contributed by atoms with van der Waals surface area (Å²) in [5.41, 5.74) is 1.65. The fourth-order valence-corrected chi connectivity index (χ4v) is 1.67. The first-order chi connectivity index (χ1) is 8.61. The Bertz CT molecular complexity index is 577. The molecule has 0 radical (unpaired) electrons. The van der Waals surface area contributed by atoms with E-state index in [-0.39, 0.29) is 17.2 Å². The van der Waals surface area contributed by atoms with Crippen LogP contribution in [0.25, 0.3) is 0 Å². The van der Waals surface area contributed by atoms with Gasteiger partial charge in [0, 0.05) is 19.4 Å². The van der Waals surface area contributed by atoms with Crippen LogP contribution in [-0.2, 0) is 13.5 Å². The molecule has 94 valence electrons. The van der Waals surface area contributed by atoms with Crippen molar-refractivity contribution < 1.29 is 9.90 Å². The third-order valence-electron chi connectivity index (χ3n) is 2.53. The van der Waals surface area contributed by atoms with E-state index in [2.05, 4.69) is 15.4 Å². The predicted molar refractivity (Wildman–Crippen MR) is 66.4 cm³/mol. The summed E-state index contributed by atoms with van der Waals surface area (Å²) >= 11 is 0. The van der Waals surface area contributed by atoms with Crippen molar-refractivity contribution in [2.45, 2.75) is 13.3 Å². The summed E-state index contributed by atoms with van der Waals surface area (Å²) in [5.74, 6) is -0.519. The number of nitrogens with one attached hydrogen (secondary N) is 1. The van der Waals surface area contributed by atoms with Crippen molar-refractivity contribution in [2.24, 2.45) is 7.05 Å². The molecule has 0 fully saturated rings. The Balaban J connectivity index is 2.24. The molecule has 18 heavy (non-hydrogen) atoms. The summed E-state index contributed by atoms with van der Waals surface area (Å²) in [4.78, 5) is 15.7. The lowest BCUT2D eigenvalue weighted by Crippen LogP contribution is -2.12. The van der Waals surface area contributed by atoms with Crippen LogP contribution in [0, 0.1) is 0 Å². The van der Waals surface area contributed by atoms with Gasteiger partial charge in [-0.2, -0.15) is 5.10 Å². The molecule has 2 N–H and O–H groups in total. The fourth-order valence-electron chi connectivity index (χ4n) is 1.67. The number of carbonyl (C=O) groups excluding carboxylic acids is 1. The molecule has 0 aliphatic heterocycles. The number of carbonyl (C=O) groups is 1. The number of aromatic nitrogens is 3. The quantitative estimate of drug-likeness (QED) is 0.856. The zero-order valence-corrected chi connectivity index (χ0v) is 10.2. The minimum absolute atomic E-state index is 0.142. The van der Waals surface area contributed by atoms with Crippen molar-refractivity contribution in [3.8, 4) is 5.75 Å². The molecule has 0 spiro atoms. The summed E-state index contributed by atoms with van der Waals surface area (Å²) in [6.45, 7) is 1.96. The highest BCUT2D eigenvalue weighted by atomic mass is 16.3. The maximum Gasteiger partial charge on any atom is 0.259 e. The lowest BCUT2D eigenvalue weighted by Gasteiger charge is -2.05. The zero-order valence-electron chi connectivity index (χ0n) is 10.2. The van der Waals surface area contributed by atoms with Crippen LogP contribution in [0.2, 0.25) is 0 Å². The SMILES string of the molecule is CCc1nn(C)cc1NC(=O)c1ccncc1O. The van der Waals surface area contributed by atoms with Crippen molar-refractivity contribution in [3.05, 3.63) is 35.9 Å². The molecule has 0 aliphatic carbocycles. The Kier molecular flexibility index (Phi) is 3.27. The standard InChI is InChI=1S/C12H14N4O2/c1-3-9-10(7-16(2)15-9)14-12(18)8-4-5-13-6-11(8)17/h4-7,17H,3H2,1-2H3,(H,14,18). The molecular weight excluding hydrogens is 232 g/mol. The molecule has 0 unspecified atom stereocenters. The summed E-state index contributed by atoms with van der Waals surface area (Å²) in [5, 5.41) is 16.5. The Morgan fingerprint density at radius 3 is 3.00 bits per heavy atom. The van der Waals surface area contributed by atoms with Crippen LogP contribution in [0.15, 0.2) is 24.7 Å². The fraction of sp³-hybridized carbons (Fsp3) is 0.250. The minimum Gasteiger partial charge on any atom is -0.505 e. The Labute approximate surface area is 104 Å². The molecule has 0 bridgehead atoms. The van der Waals surface area contributed by atoms with Gasteiger partial charge in [0.15, 0.2) is 0 Å². The van der Waals surface area contributed by atoms with Gasteiger partial charge in [-0.1, -0.05) is 6.92 Å². The van der Waals surface area contributed by atoms with Gasteiger partial charge < -0.3 is 10.4 Å². The molecule has 1 amide bonds. The summed E-state index contributed by atoms with van der Waals surface area (Å²) in [6.07, 6.45) is 5.14. The number of hydrogen-bond acceptors (Lipinski definition) is 4. The first kappa shape index (κ1) is 12.1. The Morgan fingerprint density at radius 2 is 2.33 bits per heavy atom. The molecule has 0 saturated heterocycles. The molecule has 2 aromatic heterocycles. The van der Waals surface area contributed by atoms with E-state index in [4.69, 9.17) is 0 Å². The van der Waals surface area contributed by atoms with Gasteiger partial charge in [-0.05, 0) is 12.5 Å². The van der Waals surface area contributed by atoms with Gasteiger partial charge in [0.2, 0.25) is 0 Å². The topological polar surface area (TPSA) is 80.0 Å². The van der Waals surface area contributed by atoms with Crippen molar-refractivity contribution in [1.82, 2.24) is 14.8 Å². The molecule has 6 nitrogen and oxygen atoms in total.